The SMILES string of the molecule is CC(C)(Cc1c(CN)cccc1C(=O)NNCc1ccc(Cl)cc1Cl)C(N)=O. The van der Waals surface area contributed by atoms with E-state index >= 15 is 0 Å². The molecule has 0 aliphatic carbocycles. The number of carbonyl (C=O) groups excluding carboxylic acids is 2. The van der Waals surface area contributed by atoms with Crippen LogP contribution in [0, 0.1) is 5.41 Å². The molecule has 0 saturated heterocycles. The molecule has 150 valence electrons. The van der Waals surface area contributed by atoms with Crippen LogP contribution < -0.4 is 22.3 Å². The summed E-state index contributed by atoms with van der Waals surface area (Å²) in [6.45, 7) is 4.05. The first-order valence-corrected chi connectivity index (χ1v) is 9.49. The van der Waals surface area contributed by atoms with Crippen LogP contribution >= 0.6 is 23.2 Å². The van der Waals surface area contributed by atoms with E-state index < -0.39 is 11.3 Å². The van der Waals surface area contributed by atoms with Crippen LogP contribution in [0.3, 0.4) is 0 Å². The normalized spacial score (nSPS) is 11.3. The zero-order chi connectivity index (χ0) is 20.9. The Morgan fingerprint density at radius 1 is 1.11 bits per heavy atom. The molecule has 2 amide bonds. The van der Waals surface area contributed by atoms with Crippen molar-refractivity contribution in [2.45, 2.75) is 33.4 Å². The van der Waals surface area contributed by atoms with Crippen molar-refractivity contribution in [3.63, 3.8) is 0 Å². The van der Waals surface area contributed by atoms with Crippen LogP contribution in [-0.2, 0) is 24.3 Å². The fourth-order valence-electron chi connectivity index (χ4n) is 2.73. The highest BCUT2D eigenvalue weighted by Gasteiger charge is 2.28. The molecule has 6 N–H and O–H groups in total. The van der Waals surface area contributed by atoms with Gasteiger partial charge in [0, 0.05) is 34.1 Å². The molecule has 0 spiro atoms. The van der Waals surface area contributed by atoms with E-state index in [-0.39, 0.29) is 12.5 Å². The van der Waals surface area contributed by atoms with Crippen LogP contribution in [0.4, 0.5) is 0 Å². The Morgan fingerprint density at radius 3 is 2.43 bits per heavy atom. The molecule has 0 aliphatic heterocycles. The van der Waals surface area contributed by atoms with E-state index in [1.165, 1.54) is 0 Å². The Hall–Kier alpha value is -2.12. The van der Waals surface area contributed by atoms with Gasteiger partial charge in [-0.2, -0.15) is 0 Å². The molecule has 2 aromatic carbocycles. The summed E-state index contributed by atoms with van der Waals surface area (Å²) in [6.07, 6.45) is 0.307. The third kappa shape index (κ3) is 5.45. The van der Waals surface area contributed by atoms with Crippen molar-refractivity contribution >= 4 is 35.0 Å². The van der Waals surface area contributed by atoms with Gasteiger partial charge in [-0.3, -0.25) is 15.0 Å². The number of hydrazine groups is 1. The average Bonchev–Trinajstić information content (AvgIpc) is 2.63. The van der Waals surface area contributed by atoms with E-state index in [2.05, 4.69) is 10.9 Å². The fraction of sp³-hybridized carbons (Fsp3) is 0.300. The lowest BCUT2D eigenvalue weighted by Gasteiger charge is -2.24. The highest BCUT2D eigenvalue weighted by Crippen LogP contribution is 2.26. The highest BCUT2D eigenvalue weighted by atomic mass is 35.5. The predicted molar refractivity (Wildman–Crippen MR) is 112 cm³/mol. The number of carbonyl (C=O) groups is 2. The maximum Gasteiger partial charge on any atom is 0.265 e. The molecule has 6 nitrogen and oxygen atoms in total. The summed E-state index contributed by atoms with van der Waals surface area (Å²) < 4.78 is 0. The molecular weight excluding hydrogens is 399 g/mol. The molecular formula is C20H24Cl2N4O2. The molecule has 0 atom stereocenters. The van der Waals surface area contributed by atoms with Gasteiger partial charge in [0.2, 0.25) is 5.91 Å². The zero-order valence-electron chi connectivity index (χ0n) is 15.8. The number of benzene rings is 2. The van der Waals surface area contributed by atoms with E-state index in [1.807, 2.05) is 6.07 Å². The van der Waals surface area contributed by atoms with Gasteiger partial charge >= 0.3 is 0 Å². The minimum absolute atomic E-state index is 0.249. The van der Waals surface area contributed by atoms with E-state index in [9.17, 15) is 9.59 Å². The van der Waals surface area contributed by atoms with Gasteiger partial charge in [-0.1, -0.05) is 55.2 Å². The Labute approximate surface area is 174 Å². The van der Waals surface area contributed by atoms with Crippen molar-refractivity contribution in [3.05, 3.63) is 68.7 Å². The van der Waals surface area contributed by atoms with Crippen molar-refractivity contribution in [2.75, 3.05) is 0 Å². The molecule has 0 radical (unpaired) electrons. The van der Waals surface area contributed by atoms with Gasteiger partial charge in [0.15, 0.2) is 0 Å². The molecule has 0 saturated carbocycles. The summed E-state index contributed by atoms with van der Waals surface area (Å²) in [4.78, 5) is 24.5. The Morgan fingerprint density at radius 2 is 1.82 bits per heavy atom. The van der Waals surface area contributed by atoms with Crippen molar-refractivity contribution in [2.24, 2.45) is 16.9 Å². The summed E-state index contributed by atoms with van der Waals surface area (Å²) >= 11 is 12.0. The second-order valence-corrected chi connectivity index (χ2v) is 7.96. The van der Waals surface area contributed by atoms with E-state index in [0.29, 0.717) is 34.1 Å². The molecule has 0 aromatic heterocycles. The molecule has 8 heteroatoms. The van der Waals surface area contributed by atoms with E-state index in [0.717, 1.165) is 11.1 Å². The summed E-state index contributed by atoms with van der Waals surface area (Å²) in [5.41, 5.74) is 18.8. The average molecular weight is 423 g/mol. The number of hydrogen-bond acceptors (Lipinski definition) is 4. The maximum absolute atomic E-state index is 12.7. The number of amides is 2. The zero-order valence-corrected chi connectivity index (χ0v) is 17.3. The van der Waals surface area contributed by atoms with E-state index in [4.69, 9.17) is 34.7 Å². The monoisotopic (exact) mass is 422 g/mol. The van der Waals surface area contributed by atoms with Crippen LogP contribution in [-0.4, -0.2) is 11.8 Å². The van der Waals surface area contributed by atoms with Gasteiger partial charge in [0.25, 0.3) is 5.91 Å². The summed E-state index contributed by atoms with van der Waals surface area (Å²) in [6, 6.07) is 10.4. The van der Waals surface area contributed by atoms with Gasteiger partial charge in [0.05, 0.1) is 0 Å². The molecule has 0 bridgehead atoms. The molecule has 2 aromatic rings. The molecule has 0 unspecified atom stereocenters. The molecule has 0 aliphatic rings. The second kappa shape index (κ2) is 9.39. The minimum Gasteiger partial charge on any atom is -0.369 e. The smallest absolute Gasteiger partial charge is 0.265 e. The lowest BCUT2D eigenvalue weighted by molar-refractivity contribution is -0.125. The molecule has 28 heavy (non-hydrogen) atoms. The molecule has 0 heterocycles. The van der Waals surface area contributed by atoms with Crippen LogP contribution in [0.15, 0.2) is 36.4 Å². The highest BCUT2D eigenvalue weighted by molar-refractivity contribution is 6.35. The largest absolute Gasteiger partial charge is 0.369 e. The Balaban J connectivity index is 2.17. The number of primary amides is 1. The van der Waals surface area contributed by atoms with E-state index in [1.54, 1.807) is 44.2 Å². The Bertz CT molecular complexity index is 885. The number of nitrogens with two attached hydrogens (primary N) is 2. The summed E-state index contributed by atoms with van der Waals surface area (Å²) in [7, 11) is 0. The first-order valence-electron chi connectivity index (χ1n) is 8.73. The van der Waals surface area contributed by atoms with Gasteiger partial charge in [-0.15, -0.1) is 0 Å². The van der Waals surface area contributed by atoms with Crippen LogP contribution in [0.1, 0.15) is 40.9 Å². The topological polar surface area (TPSA) is 110 Å². The second-order valence-electron chi connectivity index (χ2n) is 7.12. The number of rotatable bonds is 8. The molecule has 2 rings (SSSR count). The number of nitrogens with one attached hydrogen (secondary N) is 2. The van der Waals surface area contributed by atoms with Gasteiger partial charge < -0.3 is 11.5 Å². The first-order chi connectivity index (χ1) is 13.2. The van der Waals surface area contributed by atoms with Gasteiger partial charge in [-0.25, -0.2) is 5.43 Å². The Kier molecular flexibility index (Phi) is 7.43. The van der Waals surface area contributed by atoms with Crippen molar-refractivity contribution < 1.29 is 9.59 Å². The van der Waals surface area contributed by atoms with Crippen LogP contribution in [0.25, 0.3) is 0 Å². The van der Waals surface area contributed by atoms with Crippen molar-refractivity contribution in [1.29, 1.82) is 0 Å². The third-order valence-electron chi connectivity index (χ3n) is 4.52. The third-order valence-corrected chi connectivity index (χ3v) is 5.11. The summed E-state index contributed by atoms with van der Waals surface area (Å²) in [5, 5.41) is 1.04. The predicted octanol–water partition coefficient (Wildman–Crippen LogP) is 2.94. The first kappa shape index (κ1) is 22.2. The standard InChI is InChI=1S/C20H24Cl2N4O2/c1-20(2,19(24)28)9-16-12(10-23)4-3-5-15(16)18(27)26-25-11-13-6-7-14(21)8-17(13)22/h3-8,25H,9-11,23H2,1-2H3,(H2,24,28)(H,26,27). The van der Waals surface area contributed by atoms with Crippen LogP contribution in [0.2, 0.25) is 10.0 Å². The lowest BCUT2D eigenvalue weighted by Crippen LogP contribution is -2.39. The molecule has 0 fully saturated rings. The lowest BCUT2D eigenvalue weighted by atomic mass is 9.81. The number of hydrogen-bond donors (Lipinski definition) is 4. The van der Waals surface area contributed by atoms with Crippen molar-refractivity contribution in [3.8, 4) is 0 Å². The summed E-state index contributed by atoms with van der Waals surface area (Å²) in [5.74, 6) is -0.781. The van der Waals surface area contributed by atoms with Gasteiger partial charge in [-0.05, 0) is 41.3 Å². The maximum atomic E-state index is 12.7. The minimum atomic E-state index is -0.815. The number of halogens is 2. The fourth-order valence-corrected chi connectivity index (χ4v) is 3.20. The van der Waals surface area contributed by atoms with Crippen LogP contribution in [0.5, 0.6) is 0 Å². The van der Waals surface area contributed by atoms with Gasteiger partial charge in [0.1, 0.15) is 0 Å². The van der Waals surface area contributed by atoms with Crippen molar-refractivity contribution in [1.82, 2.24) is 10.9 Å². The quantitative estimate of drug-likeness (QED) is 0.490.